The average Bonchev–Trinajstić information content (AvgIpc) is 2.46. The number of carbonyl (C=O) groups is 5. The number of carboxylic acid groups (broad SMARTS) is 1. The van der Waals surface area contributed by atoms with E-state index in [1.807, 2.05) is 5.32 Å². The summed E-state index contributed by atoms with van der Waals surface area (Å²) in [6.07, 6.45) is -1.71. The first-order valence-corrected chi connectivity index (χ1v) is 6.83. The molecule has 0 radical (unpaired) electrons. The van der Waals surface area contributed by atoms with Crippen molar-refractivity contribution < 1.29 is 34.2 Å². The summed E-state index contributed by atoms with van der Waals surface area (Å²) in [6, 6.07) is -2.71. The molecule has 12 heteroatoms. The number of hydrogen-bond donors (Lipinski definition) is 7. The molecule has 0 aromatic heterocycles. The number of rotatable bonds is 10. The zero-order chi connectivity index (χ0) is 18.9. The second-order valence-corrected chi connectivity index (χ2v) is 4.90. The Kier molecular flexibility index (Phi) is 8.97. The highest BCUT2D eigenvalue weighted by atomic mass is 16.4. The van der Waals surface area contributed by atoms with Crippen LogP contribution in [0.4, 0.5) is 0 Å². The molecule has 0 spiro atoms. The van der Waals surface area contributed by atoms with Gasteiger partial charge in [-0.15, -0.1) is 0 Å². The summed E-state index contributed by atoms with van der Waals surface area (Å²) in [7, 11) is 0. The summed E-state index contributed by atoms with van der Waals surface area (Å²) >= 11 is 0. The van der Waals surface area contributed by atoms with E-state index in [0.29, 0.717) is 0 Å². The number of hydrogen-bond acceptors (Lipinski definition) is 7. The predicted octanol–water partition coefficient (Wildman–Crippen LogP) is -4.63. The number of nitrogens with one attached hydrogen (secondary N) is 3. The molecular formula is C12H21N5O7. The Hall–Kier alpha value is -2.73. The fourth-order valence-electron chi connectivity index (χ4n) is 1.46. The molecule has 0 aliphatic rings. The van der Waals surface area contributed by atoms with Crippen molar-refractivity contribution in [2.45, 2.75) is 31.5 Å². The van der Waals surface area contributed by atoms with Crippen LogP contribution in [0.25, 0.3) is 0 Å². The molecule has 0 fully saturated rings. The number of carboxylic acids is 1. The van der Waals surface area contributed by atoms with Gasteiger partial charge in [0.1, 0.15) is 0 Å². The molecule has 0 aliphatic heterocycles. The van der Waals surface area contributed by atoms with Gasteiger partial charge in [0, 0.05) is 0 Å². The normalized spacial score (nSPS) is 14.0. The highest BCUT2D eigenvalue weighted by Crippen LogP contribution is 1.92. The number of nitrogens with two attached hydrogens (primary N) is 2. The van der Waals surface area contributed by atoms with Crippen molar-refractivity contribution in [3.8, 4) is 0 Å². The van der Waals surface area contributed by atoms with Gasteiger partial charge in [0.05, 0.1) is 31.7 Å². The number of aliphatic hydroxyl groups excluding tert-OH is 1. The van der Waals surface area contributed by atoms with E-state index < -0.39 is 60.9 Å². The topological polar surface area (TPSA) is 214 Å². The third-order valence-corrected chi connectivity index (χ3v) is 2.69. The van der Waals surface area contributed by atoms with Crippen LogP contribution in [-0.4, -0.2) is 71.1 Å². The standard InChI is InChI=1S/C12H21N5O7/c1-5(18)10(12(23)24)17-9(21)4-15-8(20)3-16-11(22)6(13)2-7(14)19/h5-6,10,18H,2-4,13H2,1H3,(H2,14,19)(H,15,20)(H,16,22)(H,17,21)(H,23,24). The molecule has 3 unspecified atom stereocenters. The molecule has 9 N–H and O–H groups in total. The van der Waals surface area contributed by atoms with Crippen LogP contribution in [0.3, 0.4) is 0 Å². The summed E-state index contributed by atoms with van der Waals surface area (Å²) in [5.74, 6) is -4.55. The van der Waals surface area contributed by atoms with Crippen molar-refractivity contribution in [3.63, 3.8) is 0 Å². The minimum absolute atomic E-state index is 0.383. The lowest BCUT2D eigenvalue weighted by molar-refractivity contribution is -0.144. The molecule has 136 valence electrons. The molecule has 0 aliphatic carbocycles. The molecule has 3 atom stereocenters. The van der Waals surface area contributed by atoms with E-state index in [1.165, 1.54) is 6.92 Å². The lowest BCUT2D eigenvalue weighted by Gasteiger charge is -2.17. The highest BCUT2D eigenvalue weighted by Gasteiger charge is 2.25. The second-order valence-electron chi connectivity index (χ2n) is 4.90. The lowest BCUT2D eigenvalue weighted by atomic mass is 10.2. The maximum Gasteiger partial charge on any atom is 0.328 e. The first kappa shape index (κ1) is 21.3. The second kappa shape index (κ2) is 10.1. The maximum atomic E-state index is 11.5. The molecule has 0 heterocycles. The average molecular weight is 347 g/mol. The first-order valence-electron chi connectivity index (χ1n) is 6.83. The molecule has 12 nitrogen and oxygen atoms in total. The summed E-state index contributed by atoms with van der Waals surface area (Å²) in [6.45, 7) is 0.123. The van der Waals surface area contributed by atoms with Crippen LogP contribution in [0.2, 0.25) is 0 Å². The van der Waals surface area contributed by atoms with Crippen molar-refractivity contribution in [2.75, 3.05) is 13.1 Å². The van der Waals surface area contributed by atoms with Crippen LogP contribution in [-0.2, 0) is 24.0 Å². The van der Waals surface area contributed by atoms with Crippen LogP contribution in [0.5, 0.6) is 0 Å². The van der Waals surface area contributed by atoms with Crippen molar-refractivity contribution in [3.05, 3.63) is 0 Å². The summed E-state index contributed by atoms with van der Waals surface area (Å²) in [5.41, 5.74) is 10.2. The van der Waals surface area contributed by atoms with Crippen molar-refractivity contribution in [1.29, 1.82) is 0 Å². The molecule has 4 amide bonds. The molecule has 0 saturated carbocycles. The zero-order valence-corrected chi connectivity index (χ0v) is 12.9. The van der Waals surface area contributed by atoms with Crippen LogP contribution < -0.4 is 27.4 Å². The Balaban J connectivity index is 4.17. The third-order valence-electron chi connectivity index (χ3n) is 2.69. The van der Waals surface area contributed by atoms with Crippen molar-refractivity contribution in [2.24, 2.45) is 11.5 Å². The van der Waals surface area contributed by atoms with E-state index in [2.05, 4.69) is 10.6 Å². The number of primary amides is 1. The smallest absolute Gasteiger partial charge is 0.328 e. The van der Waals surface area contributed by atoms with Gasteiger partial charge in [-0.2, -0.15) is 0 Å². The summed E-state index contributed by atoms with van der Waals surface area (Å²) in [5, 5.41) is 24.2. The Labute approximate surface area is 136 Å². The lowest BCUT2D eigenvalue weighted by Crippen LogP contribution is -2.51. The van der Waals surface area contributed by atoms with E-state index in [0.717, 1.165) is 0 Å². The van der Waals surface area contributed by atoms with Gasteiger partial charge in [-0.05, 0) is 6.92 Å². The summed E-state index contributed by atoms with van der Waals surface area (Å²) in [4.78, 5) is 55.7. The molecule has 24 heavy (non-hydrogen) atoms. The minimum Gasteiger partial charge on any atom is -0.480 e. The predicted molar refractivity (Wildman–Crippen MR) is 79.1 cm³/mol. The Morgan fingerprint density at radius 2 is 1.58 bits per heavy atom. The van der Waals surface area contributed by atoms with Gasteiger partial charge in [-0.3, -0.25) is 19.2 Å². The quantitative estimate of drug-likeness (QED) is 0.203. The van der Waals surface area contributed by atoms with E-state index in [4.69, 9.17) is 16.6 Å². The zero-order valence-electron chi connectivity index (χ0n) is 12.9. The van der Waals surface area contributed by atoms with Gasteiger partial charge in [0.2, 0.25) is 23.6 Å². The molecule has 0 bridgehead atoms. The van der Waals surface area contributed by atoms with Gasteiger partial charge >= 0.3 is 5.97 Å². The van der Waals surface area contributed by atoms with E-state index >= 15 is 0 Å². The third kappa shape index (κ3) is 8.65. The maximum absolute atomic E-state index is 11.5. The fraction of sp³-hybridized carbons (Fsp3) is 0.583. The van der Waals surface area contributed by atoms with E-state index in [9.17, 15) is 29.1 Å². The number of aliphatic hydroxyl groups is 1. The van der Waals surface area contributed by atoms with Gasteiger partial charge in [0.25, 0.3) is 0 Å². The SMILES string of the molecule is CC(O)C(NC(=O)CNC(=O)CNC(=O)C(N)CC(N)=O)C(=O)O. The van der Waals surface area contributed by atoms with Crippen LogP contribution in [0.1, 0.15) is 13.3 Å². The van der Waals surface area contributed by atoms with E-state index in [-0.39, 0.29) is 6.42 Å². The molecule has 0 rings (SSSR count). The van der Waals surface area contributed by atoms with Gasteiger partial charge in [-0.1, -0.05) is 0 Å². The number of carbonyl (C=O) groups excluding carboxylic acids is 4. The Bertz CT molecular complexity index is 508. The highest BCUT2D eigenvalue weighted by molar-refractivity contribution is 5.92. The Morgan fingerprint density at radius 3 is 2.04 bits per heavy atom. The summed E-state index contributed by atoms with van der Waals surface area (Å²) < 4.78 is 0. The molecule has 0 saturated heterocycles. The van der Waals surface area contributed by atoms with Gasteiger partial charge < -0.3 is 37.6 Å². The van der Waals surface area contributed by atoms with E-state index in [1.54, 1.807) is 0 Å². The molecule has 0 aromatic rings. The van der Waals surface area contributed by atoms with Crippen LogP contribution in [0.15, 0.2) is 0 Å². The number of amides is 4. The van der Waals surface area contributed by atoms with Crippen LogP contribution >= 0.6 is 0 Å². The largest absolute Gasteiger partial charge is 0.480 e. The Morgan fingerprint density at radius 1 is 1.04 bits per heavy atom. The molecule has 0 aromatic carbocycles. The van der Waals surface area contributed by atoms with Crippen molar-refractivity contribution in [1.82, 2.24) is 16.0 Å². The minimum atomic E-state index is -1.51. The van der Waals surface area contributed by atoms with Gasteiger partial charge in [-0.25, -0.2) is 4.79 Å². The molecular weight excluding hydrogens is 326 g/mol. The number of aliphatic carboxylic acids is 1. The van der Waals surface area contributed by atoms with Crippen molar-refractivity contribution >= 4 is 29.6 Å². The monoisotopic (exact) mass is 347 g/mol. The fourth-order valence-corrected chi connectivity index (χ4v) is 1.46. The van der Waals surface area contributed by atoms with Gasteiger partial charge in [0.15, 0.2) is 6.04 Å². The van der Waals surface area contributed by atoms with Crippen LogP contribution in [0, 0.1) is 0 Å². The first-order chi connectivity index (χ1) is 11.0.